The molecule has 0 fully saturated rings. The molecule has 0 aliphatic heterocycles. The minimum atomic E-state index is -3.57. The molecule has 0 aromatic heterocycles. The second kappa shape index (κ2) is 7.74. The fourth-order valence-electron chi connectivity index (χ4n) is 1.73. The summed E-state index contributed by atoms with van der Waals surface area (Å²) in [5, 5.41) is 20.9. The van der Waals surface area contributed by atoms with Crippen LogP contribution >= 0.6 is 7.52 Å². The molecule has 7 nitrogen and oxygen atoms in total. The summed E-state index contributed by atoms with van der Waals surface area (Å²) >= 11 is 0. The van der Waals surface area contributed by atoms with Crippen molar-refractivity contribution in [3.8, 4) is 5.75 Å². The Balaban J connectivity index is 2.99. The van der Waals surface area contributed by atoms with E-state index in [0.29, 0.717) is 11.3 Å². The van der Waals surface area contributed by atoms with Gasteiger partial charge in [0.15, 0.2) is 0 Å². The topological polar surface area (TPSA) is 105 Å². The Kier molecular flexibility index (Phi) is 6.56. The lowest BCUT2D eigenvalue weighted by atomic mass is 10.0. The standard InChI is InChI=1S/C14H22NO6P/c1-4-14(2,13(17)18)15-22(19,10-20-3)21-12-7-5-11(9-16)6-8-12/h5-8,16H,4,9-10H2,1-3H3,(H,15,19)(H,17,18). The van der Waals surface area contributed by atoms with Gasteiger partial charge in [-0.25, -0.2) is 5.09 Å². The molecular weight excluding hydrogens is 309 g/mol. The number of nitrogens with one attached hydrogen (secondary N) is 1. The van der Waals surface area contributed by atoms with E-state index < -0.39 is 19.0 Å². The molecule has 8 heteroatoms. The lowest BCUT2D eigenvalue weighted by molar-refractivity contribution is -0.143. The van der Waals surface area contributed by atoms with E-state index in [1.807, 2.05) is 0 Å². The van der Waals surface area contributed by atoms with Gasteiger partial charge in [0.1, 0.15) is 17.6 Å². The summed E-state index contributed by atoms with van der Waals surface area (Å²) in [5.41, 5.74) is -0.704. The number of methoxy groups -OCH3 is 1. The van der Waals surface area contributed by atoms with Crippen molar-refractivity contribution >= 4 is 13.5 Å². The monoisotopic (exact) mass is 331 g/mol. The number of carbonyl (C=O) groups is 1. The van der Waals surface area contributed by atoms with Gasteiger partial charge in [-0.1, -0.05) is 19.1 Å². The van der Waals surface area contributed by atoms with Gasteiger partial charge in [0, 0.05) is 7.11 Å². The van der Waals surface area contributed by atoms with E-state index in [4.69, 9.17) is 14.4 Å². The lowest BCUT2D eigenvalue weighted by Crippen LogP contribution is -2.48. The summed E-state index contributed by atoms with van der Waals surface area (Å²) in [4.78, 5) is 11.4. The maximum absolute atomic E-state index is 12.8. The highest BCUT2D eigenvalue weighted by Gasteiger charge is 2.40. The largest absolute Gasteiger partial charge is 0.480 e. The van der Waals surface area contributed by atoms with Crippen LogP contribution in [0.3, 0.4) is 0 Å². The van der Waals surface area contributed by atoms with Crippen LogP contribution in [0.15, 0.2) is 24.3 Å². The van der Waals surface area contributed by atoms with E-state index in [2.05, 4.69) is 5.09 Å². The first-order valence-corrected chi connectivity index (χ1v) is 8.60. The molecule has 0 saturated heterocycles. The number of rotatable bonds is 9. The van der Waals surface area contributed by atoms with E-state index in [0.717, 1.165) is 0 Å². The quantitative estimate of drug-likeness (QED) is 0.596. The molecule has 0 heterocycles. The number of aliphatic hydroxyl groups is 1. The van der Waals surface area contributed by atoms with E-state index in [1.54, 1.807) is 31.2 Å². The zero-order valence-electron chi connectivity index (χ0n) is 12.9. The number of aliphatic carboxylic acids is 1. The van der Waals surface area contributed by atoms with Crippen LogP contribution < -0.4 is 9.61 Å². The maximum atomic E-state index is 12.8. The summed E-state index contributed by atoms with van der Waals surface area (Å²) in [6.45, 7) is 3.01. The molecule has 0 saturated carbocycles. The van der Waals surface area contributed by atoms with Gasteiger partial charge < -0.3 is 19.5 Å². The molecule has 124 valence electrons. The minimum Gasteiger partial charge on any atom is -0.480 e. The van der Waals surface area contributed by atoms with Crippen molar-refractivity contribution in [3.63, 3.8) is 0 Å². The number of hydrogen-bond donors (Lipinski definition) is 3. The van der Waals surface area contributed by atoms with Crippen molar-refractivity contribution in [2.75, 3.05) is 13.5 Å². The molecule has 1 aromatic carbocycles. The van der Waals surface area contributed by atoms with E-state index in [1.165, 1.54) is 14.0 Å². The van der Waals surface area contributed by atoms with Gasteiger partial charge in [-0.3, -0.25) is 9.36 Å². The Hall–Kier alpha value is -1.40. The van der Waals surface area contributed by atoms with Crippen LogP contribution in [0.1, 0.15) is 25.8 Å². The average Bonchev–Trinajstić information content (AvgIpc) is 2.47. The molecular formula is C14H22NO6P. The van der Waals surface area contributed by atoms with Crippen molar-refractivity contribution in [1.82, 2.24) is 5.09 Å². The molecule has 1 rings (SSSR count). The van der Waals surface area contributed by atoms with Gasteiger partial charge in [-0.2, -0.15) is 0 Å². The van der Waals surface area contributed by atoms with Gasteiger partial charge in [-0.15, -0.1) is 0 Å². The van der Waals surface area contributed by atoms with Crippen molar-refractivity contribution in [1.29, 1.82) is 0 Å². The Morgan fingerprint density at radius 2 is 1.95 bits per heavy atom. The van der Waals surface area contributed by atoms with Crippen LogP contribution in [-0.2, 0) is 20.7 Å². The molecule has 0 spiro atoms. The first-order chi connectivity index (χ1) is 10.3. The summed E-state index contributed by atoms with van der Waals surface area (Å²) in [7, 11) is -2.21. The summed E-state index contributed by atoms with van der Waals surface area (Å²) < 4.78 is 23.2. The number of benzene rings is 1. The highest BCUT2D eigenvalue weighted by atomic mass is 31.2. The van der Waals surface area contributed by atoms with Crippen LogP contribution in [0.25, 0.3) is 0 Å². The maximum Gasteiger partial charge on any atom is 0.342 e. The first-order valence-electron chi connectivity index (χ1n) is 6.79. The predicted octanol–water partition coefficient (Wildman–Crippen LogP) is 2.20. The smallest absolute Gasteiger partial charge is 0.342 e. The van der Waals surface area contributed by atoms with Crippen LogP contribution in [0.5, 0.6) is 5.75 Å². The molecule has 22 heavy (non-hydrogen) atoms. The Morgan fingerprint density at radius 3 is 2.36 bits per heavy atom. The fraction of sp³-hybridized carbons (Fsp3) is 0.500. The normalized spacial score (nSPS) is 16.5. The molecule has 1 aromatic rings. The molecule has 3 N–H and O–H groups in total. The van der Waals surface area contributed by atoms with Crippen molar-refractivity contribution in [2.24, 2.45) is 0 Å². The van der Waals surface area contributed by atoms with Gasteiger partial charge in [0.2, 0.25) is 0 Å². The van der Waals surface area contributed by atoms with Crippen molar-refractivity contribution < 1.29 is 28.8 Å². The first kappa shape index (κ1) is 18.6. The van der Waals surface area contributed by atoms with Gasteiger partial charge in [-0.05, 0) is 31.0 Å². The van der Waals surface area contributed by atoms with Crippen LogP contribution in [0.4, 0.5) is 0 Å². The second-order valence-electron chi connectivity index (χ2n) is 5.09. The van der Waals surface area contributed by atoms with Crippen molar-refractivity contribution in [3.05, 3.63) is 29.8 Å². The van der Waals surface area contributed by atoms with E-state index in [-0.39, 0.29) is 19.4 Å². The Morgan fingerprint density at radius 1 is 1.36 bits per heavy atom. The molecule has 0 aliphatic rings. The minimum absolute atomic E-state index is 0.110. The summed E-state index contributed by atoms with van der Waals surface area (Å²) in [6.07, 6.45) is -0.0412. The van der Waals surface area contributed by atoms with E-state index in [9.17, 15) is 14.5 Å². The van der Waals surface area contributed by atoms with Gasteiger partial charge in [0.05, 0.1) is 6.61 Å². The average molecular weight is 331 g/mol. The molecule has 0 aliphatic carbocycles. The number of carboxylic acid groups (broad SMARTS) is 1. The molecule has 0 radical (unpaired) electrons. The second-order valence-corrected chi connectivity index (χ2v) is 7.10. The molecule has 2 unspecified atom stereocenters. The zero-order valence-corrected chi connectivity index (χ0v) is 13.8. The van der Waals surface area contributed by atoms with Gasteiger partial charge >= 0.3 is 13.5 Å². The zero-order chi connectivity index (χ0) is 16.8. The van der Waals surface area contributed by atoms with Crippen LogP contribution in [0, 0.1) is 0 Å². The molecule has 0 amide bonds. The van der Waals surface area contributed by atoms with E-state index >= 15 is 0 Å². The SMILES string of the molecule is CCC(C)(NP(=O)(COC)Oc1ccc(CO)cc1)C(=O)O. The highest BCUT2D eigenvalue weighted by Crippen LogP contribution is 2.45. The fourth-order valence-corrected chi connectivity index (χ4v) is 3.70. The molecule has 0 bridgehead atoms. The number of ether oxygens (including phenoxy) is 1. The third kappa shape index (κ3) is 4.81. The highest BCUT2D eigenvalue weighted by molar-refractivity contribution is 7.57. The summed E-state index contributed by atoms with van der Waals surface area (Å²) in [6, 6.07) is 6.37. The Bertz CT molecular complexity index is 547. The summed E-state index contributed by atoms with van der Waals surface area (Å²) in [5.74, 6) is -0.820. The number of carboxylic acids is 1. The lowest BCUT2D eigenvalue weighted by Gasteiger charge is -2.30. The Labute approximate surface area is 129 Å². The third-order valence-electron chi connectivity index (χ3n) is 3.25. The number of hydrogen-bond acceptors (Lipinski definition) is 5. The van der Waals surface area contributed by atoms with Gasteiger partial charge in [0.25, 0.3) is 0 Å². The van der Waals surface area contributed by atoms with Crippen LogP contribution in [0.2, 0.25) is 0 Å². The number of aliphatic hydroxyl groups excluding tert-OH is 1. The molecule has 2 atom stereocenters. The third-order valence-corrected chi connectivity index (χ3v) is 5.19. The van der Waals surface area contributed by atoms with Crippen molar-refractivity contribution in [2.45, 2.75) is 32.4 Å². The predicted molar refractivity (Wildman–Crippen MR) is 81.9 cm³/mol. The van der Waals surface area contributed by atoms with Crippen LogP contribution in [-0.4, -0.2) is 35.2 Å².